The van der Waals surface area contributed by atoms with Crippen molar-refractivity contribution in [1.29, 1.82) is 0 Å². The lowest BCUT2D eigenvalue weighted by Gasteiger charge is -2.64. The zero-order valence-electron chi connectivity index (χ0n) is 24.0. The van der Waals surface area contributed by atoms with Crippen molar-refractivity contribution in [1.82, 2.24) is 4.90 Å². The highest BCUT2D eigenvalue weighted by atomic mass is 16.4. The molecule has 0 aromatic heterocycles. The summed E-state index contributed by atoms with van der Waals surface area (Å²) in [4.78, 5) is 41.7. The van der Waals surface area contributed by atoms with E-state index in [4.69, 9.17) is 40.9 Å². The number of carbonyl (C=O) groups is 4. The van der Waals surface area contributed by atoms with Gasteiger partial charge in [0.2, 0.25) is 0 Å². The van der Waals surface area contributed by atoms with Crippen molar-refractivity contribution < 1.29 is 70.2 Å². The van der Waals surface area contributed by atoms with E-state index in [1.165, 1.54) is 43.4 Å². The van der Waals surface area contributed by atoms with E-state index in [-0.39, 0.29) is 11.5 Å². The number of hydrogen-bond donors (Lipinski definition) is 10. The van der Waals surface area contributed by atoms with Crippen LogP contribution in [0.2, 0.25) is 0 Å². The van der Waals surface area contributed by atoms with Gasteiger partial charge < -0.3 is 51.1 Å². The Hall–Kier alpha value is -3.34. The van der Waals surface area contributed by atoms with Crippen LogP contribution in [0.15, 0.2) is 18.2 Å². The lowest BCUT2D eigenvalue weighted by atomic mass is 9.49. The Morgan fingerprint density at radius 1 is 0.773 bits per heavy atom. The molecule has 1 aliphatic heterocycles. The Labute approximate surface area is 252 Å². The van der Waals surface area contributed by atoms with E-state index in [2.05, 4.69) is 11.0 Å². The topological polar surface area (TPSA) is 274 Å². The maximum Gasteiger partial charge on any atom is 0.335 e. The summed E-state index contributed by atoms with van der Waals surface area (Å²) in [6, 6.07) is 6.17. The lowest BCUT2D eigenvalue weighted by Crippen LogP contribution is -2.72. The third-order valence-electron chi connectivity index (χ3n) is 9.41. The Morgan fingerprint density at radius 3 is 1.73 bits per heavy atom. The van der Waals surface area contributed by atoms with Gasteiger partial charge in [-0.05, 0) is 74.2 Å². The number of likely N-dealkylation sites (tertiary alicyclic amines) is 1. The van der Waals surface area contributed by atoms with Crippen LogP contribution >= 0.6 is 0 Å². The summed E-state index contributed by atoms with van der Waals surface area (Å²) in [5, 5.41) is 87.1. The normalized spacial score (nSPS) is 28.4. The lowest BCUT2D eigenvalue weighted by molar-refractivity contribution is -0.169. The molecule has 4 unspecified atom stereocenters. The highest BCUT2D eigenvalue weighted by Gasteiger charge is 2.63. The van der Waals surface area contributed by atoms with Crippen LogP contribution < -0.4 is 0 Å². The molecule has 1 saturated heterocycles. The van der Waals surface area contributed by atoms with Gasteiger partial charge in [-0.15, -0.1) is 0 Å². The number of fused-ring (bicyclic) bond motifs is 1. The first-order chi connectivity index (χ1) is 20.6. The summed E-state index contributed by atoms with van der Waals surface area (Å²) in [5.41, 5.74) is 1.89. The fourth-order valence-electron chi connectivity index (χ4n) is 6.86. The number of nitrogens with zero attached hydrogens (tertiary/aromatic N) is 1. The van der Waals surface area contributed by atoms with Gasteiger partial charge in [-0.1, -0.05) is 25.3 Å². The molecule has 44 heavy (non-hydrogen) atoms. The Bertz CT molecular complexity index is 1150. The van der Waals surface area contributed by atoms with Crippen LogP contribution in [0, 0.1) is 5.92 Å². The molecule has 15 heteroatoms. The summed E-state index contributed by atoms with van der Waals surface area (Å²) in [7, 11) is 0. The second kappa shape index (κ2) is 14.2. The predicted molar refractivity (Wildman–Crippen MR) is 149 cm³/mol. The van der Waals surface area contributed by atoms with Gasteiger partial charge in [0.25, 0.3) is 0 Å². The van der Waals surface area contributed by atoms with Gasteiger partial charge in [0.05, 0.1) is 5.60 Å². The van der Waals surface area contributed by atoms with Crippen LogP contribution in [-0.2, 0) is 31.0 Å². The van der Waals surface area contributed by atoms with Gasteiger partial charge in [0.15, 0.2) is 24.4 Å². The third kappa shape index (κ3) is 7.14. The highest BCUT2D eigenvalue weighted by Crippen LogP contribution is 2.58. The van der Waals surface area contributed by atoms with Crippen LogP contribution in [0.4, 0.5) is 0 Å². The predicted octanol–water partition coefficient (Wildman–Crippen LogP) is -0.880. The molecule has 3 fully saturated rings. The summed E-state index contributed by atoms with van der Waals surface area (Å²) < 4.78 is 0. The molecule has 5 rings (SSSR count). The van der Waals surface area contributed by atoms with E-state index in [0.29, 0.717) is 5.75 Å². The van der Waals surface area contributed by atoms with Crippen molar-refractivity contribution in [2.24, 2.45) is 5.92 Å². The minimum absolute atomic E-state index is 0.127. The molecule has 1 heterocycles. The molecule has 0 radical (unpaired) electrons. The number of phenolic OH excluding ortho intramolecular Hbond substituents is 1. The van der Waals surface area contributed by atoms with Crippen LogP contribution in [0.3, 0.4) is 0 Å². The third-order valence-corrected chi connectivity index (χ3v) is 9.41. The summed E-state index contributed by atoms with van der Waals surface area (Å²) in [6.45, 7) is 2.29. The molecular weight excluding hydrogens is 586 g/mol. The summed E-state index contributed by atoms with van der Waals surface area (Å²) in [5.74, 6) is -5.87. The molecule has 2 bridgehead atoms. The van der Waals surface area contributed by atoms with E-state index < -0.39 is 53.9 Å². The first kappa shape index (κ1) is 35.1. The quantitative estimate of drug-likeness (QED) is 0.168. The molecule has 0 amide bonds. The standard InChI is InChI=1S/C21H29NO2.2C4H6O6/c23-17-7-6-16-12-19-21(24)9-2-1-8-20(21,18(16)13-17)10-11-22(19)14-15-4-3-5-15;2*5-1(3(7)8)2(6)4(9)10/h6-7,13,15,19,23-24H,1-5,8-12,14H2;2*1-2,5-6H,(H,7,8)(H,9,10)/t19-,20+,21-;;/m1../s1. The SMILES string of the molecule is O=C(O)C(O)C(O)C(=O)O.O=C(O)C(O)C(O)C(=O)O.Oc1ccc2c(c1)[C@@]13CCCC[C@@]1(O)[C@@H](C2)N(CC1CCC1)CC3. The van der Waals surface area contributed by atoms with Gasteiger partial charge in [-0.25, -0.2) is 19.2 Å². The molecule has 1 aromatic rings. The van der Waals surface area contributed by atoms with Crippen molar-refractivity contribution >= 4 is 23.9 Å². The zero-order chi connectivity index (χ0) is 33.0. The maximum atomic E-state index is 11.9. The molecule has 3 aliphatic carbocycles. The van der Waals surface area contributed by atoms with Crippen LogP contribution in [0.25, 0.3) is 0 Å². The van der Waals surface area contributed by atoms with Crippen molar-refractivity contribution in [3.63, 3.8) is 0 Å². The average molecular weight is 628 g/mol. The molecule has 15 nitrogen and oxygen atoms in total. The maximum absolute atomic E-state index is 11.9. The number of phenols is 1. The molecule has 246 valence electrons. The van der Waals surface area contributed by atoms with Gasteiger partial charge >= 0.3 is 23.9 Å². The van der Waals surface area contributed by atoms with E-state index in [1.807, 2.05) is 12.1 Å². The van der Waals surface area contributed by atoms with Crippen molar-refractivity contribution in [3.8, 4) is 5.75 Å². The number of aliphatic hydroxyl groups excluding tert-OH is 4. The molecule has 7 atom stereocenters. The summed E-state index contributed by atoms with van der Waals surface area (Å²) in [6.07, 6.45) is 1.40. The second-order valence-corrected chi connectivity index (χ2v) is 11.9. The van der Waals surface area contributed by atoms with Gasteiger partial charge in [0.1, 0.15) is 5.75 Å². The van der Waals surface area contributed by atoms with Crippen molar-refractivity contribution in [2.75, 3.05) is 13.1 Å². The fraction of sp³-hybridized carbons (Fsp3) is 0.655. The van der Waals surface area contributed by atoms with E-state index in [0.717, 1.165) is 44.6 Å². The average Bonchev–Trinajstić information content (AvgIpc) is 2.94. The monoisotopic (exact) mass is 627 g/mol. The first-order valence-corrected chi connectivity index (χ1v) is 14.5. The number of aromatic hydroxyl groups is 1. The molecule has 4 aliphatic rings. The molecule has 1 aromatic carbocycles. The smallest absolute Gasteiger partial charge is 0.335 e. The van der Waals surface area contributed by atoms with Gasteiger partial charge in [-0.3, -0.25) is 4.90 Å². The highest BCUT2D eigenvalue weighted by molar-refractivity contribution is 5.83. The largest absolute Gasteiger partial charge is 0.508 e. The number of carboxylic acid groups (broad SMARTS) is 4. The van der Waals surface area contributed by atoms with E-state index in [1.54, 1.807) is 0 Å². The van der Waals surface area contributed by atoms with E-state index in [9.17, 15) is 29.4 Å². The molecule has 0 spiro atoms. The van der Waals surface area contributed by atoms with Crippen LogP contribution in [0.5, 0.6) is 5.75 Å². The number of aliphatic carboxylic acids is 4. The minimum atomic E-state index is -2.27. The minimum Gasteiger partial charge on any atom is -0.508 e. The number of piperidine rings is 1. The Balaban J connectivity index is 0.000000222. The Morgan fingerprint density at radius 2 is 1.27 bits per heavy atom. The molecule has 10 N–H and O–H groups in total. The second-order valence-electron chi connectivity index (χ2n) is 11.9. The number of hydrogen-bond acceptors (Lipinski definition) is 11. The number of carboxylic acids is 4. The van der Waals surface area contributed by atoms with Crippen molar-refractivity contribution in [3.05, 3.63) is 29.3 Å². The zero-order valence-corrected chi connectivity index (χ0v) is 24.0. The number of rotatable bonds is 8. The first-order valence-electron chi connectivity index (χ1n) is 14.5. The van der Waals surface area contributed by atoms with Crippen LogP contribution in [0.1, 0.15) is 62.5 Å². The van der Waals surface area contributed by atoms with Gasteiger partial charge in [-0.2, -0.15) is 0 Å². The van der Waals surface area contributed by atoms with Gasteiger partial charge in [0, 0.05) is 18.0 Å². The number of aliphatic hydroxyl groups is 5. The van der Waals surface area contributed by atoms with E-state index >= 15 is 0 Å². The van der Waals surface area contributed by atoms with Crippen LogP contribution in [-0.4, -0.2) is 129 Å². The fourth-order valence-corrected chi connectivity index (χ4v) is 6.86. The molecular formula is C29H41NO14. The number of benzene rings is 1. The Kier molecular flexibility index (Phi) is 11.3. The summed E-state index contributed by atoms with van der Waals surface area (Å²) >= 11 is 0. The van der Waals surface area contributed by atoms with Crippen molar-refractivity contribution in [2.45, 2.75) is 99.3 Å². The molecule has 2 saturated carbocycles.